The average Bonchev–Trinajstić information content (AvgIpc) is 3.89. The Morgan fingerprint density at radius 2 is 1.48 bits per heavy atom. The maximum absolute atomic E-state index is 6.42. The third-order valence-electron chi connectivity index (χ3n) is 10.6. The zero-order chi connectivity index (χ0) is 34.6. The molecule has 0 saturated carbocycles. The van der Waals surface area contributed by atoms with Crippen LogP contribution in [0.5, 0.6) is 0 Å². The fourth-order valence-corrected chi connectivity index (χ4v) is 10.4. The van der Waals surface area contributed by atoms with Gasteiger partial charge in [0.2, 0.25) is 0 Å². The second kappa shape index (κ2) is 13.2. The molecule has 6 heteroatoms. The Kier molecular flexibility index (Phi) is 8.08. The lowest BCUT2D eigenvalue weighted by molar-refractivity contribution is 0.353. The van der Waals surface area contributed by atoms with Gasteiger partial charge < -0.3 is 9.73 Å². The molecule has 52 heavy (non-hydrogen) atoms. The molecule has 3 N–H and O–H groups in total. The van der Waals surface area contributed by atoms with Gasteiger partial charge in [-0.15, -0.1) is 23.1 Å². The highest BCUT2D eigenvalue weighted by molar-refractivity contribution is 8.00. The monoisotopic (exact) mass is 711 g/mol. The number of allylic oxidation sites excluding steroid dienone is 3. The highest BCUT2D eigenvalue weighted by Crippen LogP contribution is 2.48. The van der Waals surface area contributed by atoms with Crippen LogP contribution in [0, 0.1) is 0 Å². The van der Waals surface area contributed by atoms with Crippen LogP contribution in [0.1, 0.15) is 40.5 Å². The molecule has 3 heterocycles. The Bertz CT molecular complexity index is 2670. The summed E-state index contributed by atoms with van der Waals surface area (Å²) in [5.41, 5.74) is 9.27. The molecule has 2 aromatic heterocycles. The lowest BCUT2D eigenvalue weighted by Gasteiger charge is -2.27. The highest BCUT2D eigenvalue weighted by atomic mass is 32.2. The van der Waals surface area contributed by atoms with E-state index in [-0.39, 0.29) is 12.3 Å². The first-order chi connectivity index (χ1) is 25.7. The van der Waals surface area contributed by atoms with Gasteiger partial charge in [0, 0.05) is 59.1 Å². The Hall–Kier alpha value is -4.95. The number of fused-ring (bicyclic) bond motifs is 9. The maximum Gasteiger partial charge on any atom is 0.143 e. The molecule has 0 bridgehead atoms. The first-order valence-electron chi connectivity index (χ1n) is 17.9. The van der Waals surface area contributed by atoms with E-state index in [1.54, 1.807) is 0 Å². The van der Waals surface area contributed by atoms with E-state index in [0.717, 1.165) is 39.6 Å². The van der Waals surface area contributed by atoms with Crippen LogP contribution in [0.15, 0.2) is 161 Å². The first kappa shape index (κ1) is 31.8. The SMILES string of the molecule is CNC(NC(NCc1ccc2c(c1)SC1C=CC=CC21)c1ccccc1)c1ccc2sc3ccc(-c4cccc5c4oc4ccccc45)cc3c2c1. The van der Waals surface area contributed by atoms with E-state index in [2.05, 4.69) is 156 Å². The van der Waals surface area contributed by atoms with Gasteiger partial charge in [-0.3, -0.25) is 10.6 Å². The Morgan fingerprint density at radius 1 is 0.673 bits per heavy atom. The molecular formula is C46H37N3OS2. The van der Waals surface area contributed by atoms with Crippen molar-refractivity contribution in [2.75, 3.05) is 7.05 Å². The van der Waals surface area contributed by atoms with Crippen LogP contribution >= 0.6 is 23.1 Å². The summed E-state index contributed by atoms with van der Waals surface area (Å²) in [6, 6.07) is 46.2. The number of hydrogen-bond acceptors (Lipinski definition) is 6. The van der Waals surface area contributed by atoms with Crippen molar-refractivity contribution in [3.05, 3.63) is 174 Å². The Labute approximate surface area is 311 Å². The topological polar surface area (TPSA) is 49.2 Å². The zero-order valence-electron chi connectivity index (χ0n) is 28.7. The van der Waals surface area contributed by atoms with Gasteiger partial charge in [-0.25, -0.2) is 0 Å². The second-order valence-electron chi connectivity index (χ2n) is 13.7. The number of nitrogens with one attached hydrogen (secondary N) is 3. The normalized spacial score (nSPS) is 17.6. The number of furan rings is 1. The van der Waals surface area contributed by atoms with Crippen molar-refractivity contribution in [1.82, 2.24) is 16.0 Å². The molecule has 2 aliphatic rings. The number of thiophene rings is 1. The summed E-state index contributed by atoms with van der Waals surface area (Å²) in [6.07, 6.45) is 8.88. The van der Waals surface area contributed by atoms with E-state index >= 15 is 0 Å². The van der Waals surface area contributed by atoms with Crippen LogP contribution in [-0.4, -0.2) is 12.3 Å². The van der Waals surface area contributed by atoms with Gasteiger partial charge in [-0.1, -0.05) is 115 Å². The van der Waals surface area contributed by atoms with Crippen molar-refractivity contribution >= 4 is 65.2 Å². The minimum absolute atomic E-state index is 0.0705. The molecule has 1 aliphatic heterocycles. The van der Waals surface area contributed by atoms with E-state index in [1.165, 1.54) is 47.3 Å². The van der Waals surface area contributed by atoms with Crippen molar-refractivity contribution in [2.24, 2.45) is 0 Å². The maximum atomic E-state index is 6.42. The van der Waals surface area contributed by atoms with Crippen LogP contribution in [0.4, 0.5) is 0 Å². The molecule has 0 radical (unpaired) electrons. The van der Waals surface area contributed by atoms with Gasteiger partial charge >= 0.3 is 0 Å². The predicted molar refractivity (Wildman–Crippen MR) is 220 cm³/mol. The van der Waals surface area contributed by atoms with Crippen LogP contribution in [0.25, 0.3) is 53.2 Å². The van der Waals surface area contributed by atoms with E-state index in [9.17, 15) is 0 Å². The van der Waals surface area contributed by atoms with Crippen molar-refractivity contribution in [3.8, 4) is 11.1 Å². The molecule has 0 saturated heterocycles. The lowest BCUT2D eigenvalue weighted by Crippen LogP contribution is -2.41. The molecule has 0 fully saturated rings. The van der Waals surface area contributed by atoms with Gasteiger partial charge in [-0.05, 0) is 71.3 Å². The highest BCUT2D eigenvalue weighted by Gasteiger charge is 2.31. The molecule has 1 aliphatic carbocycles. The lowest BCUT2D eigenvalue weighted by atomic mass is 9.92. The largest absolute Gasteiger partial charge is 0.455 e. The third-order valence-corrected chi connectivity index (χ3v) is 13.1. The molecule has 8 aromatic rings. The summed E-state index contributed by atoms with van der Waals surface area (Å²) < 4.78 is 8.98. The molecule has 4 unspecified atom stereocenters. The summed E-state index contributed by atoms with van der Waals surface area (Å²) in [6.45, 7) is 0.757. The minimum Gasteiger partial charge on any atom is -0.455 e. The molecule has 4 atom stereocenters. The number of hydrogen-bond donors (Lipinski definition) is 3. The average molecular weight is 712 g/mol. The number of thioether (sulfide) groups is 1. The summed E-state index contributed by atoms with van der Waals surface area (Å²) >= 11 is 3.83. The third kappa shape index (κ3) is 5.59. The molecule has 0 spiro atoms. The standard InChI is InChI=1S/C46H37N3OS2/c1-47-45(49-46(29-10-3-2-4-11-29)48-27-28-18-21-35-34-13-6-8-17-40(34)52-43(35)24-28)31-20-23-42-38(26-31)37-25-30(19-22-41(37)51-42)32-14-9-15-36-33-12-5-7-16-39(33)50-44(32)36/h2-26,34,40,45-49H,27H2,1H3. The Morgan fingerprint density at radius 3 is 2.38 bits per heavy atom. The molecule has 254 valence electrons. The van der Waals surface area contributed by atoms with Gasteiger partial charge in [0.15, 0.2) is 0 Å². The second-order valence-corrected chi connectivity index (χ2v) is 16.0. The molecular weight excluding hydrogens is 675 g/mol. The van der Waals surface area contributed by atoms with Gasteiger partial charge in [0.05, 0.1) is 12.3 Å². The van der Waals surface area contributed by atoms with Crippen molar-refractivity contribution in [1.29, 1.82) is 0 Å². The van der Waals surface area contributed by atoms with Crippen molar-refractivity contribution in [2.45, 2.75) is 34.9 Å². The smallest absolute Gasteiger partial charge is 0.143 e. The summed E-state index contributed by atoms with van der Waals surface area (Å²) in [7, 11) is 2.03. The zero-order valence-corrected chi connectivity index (χ0v) is 30.3. The first-order valence-corrected chi connectivity index (χ1v) is 19.6. The van der Waals surface area contributed by atoms with Crippen LogP contribution in [0.2, 0.25) is 0 Å². The molecule has 4 nitrogen and oxygen atoms in total. The summed E-state index contributed by atoms with van der Waals surface area (Å²) in [4.78, 5) is 1.40. The molecule has 6 aromatic carbocycles. The van der Waals surface area contributed by atoms with Crippen molar-refractivity contribution in [3.63, 3.8) is 0 Å². The number of para-hydroxylation sites is 2. The fourth-order valence-electron chi connectivity index (χ4n) is 7.96. The van der Waals surface area contributed by atoms with Crippen LogP contribution in [0.3, 0.4) is 0 Å². The van der Waals surface area contributed by atoms with Gasteiger partial charge in [-0.2, -0.15) is 0 Å². The Balaban J connectivity index is 0.956. The van der Waals surface area contributed by atoms with E-state index in [0.29, 0.717) is 11.2 Å². The summed E-state index contributed by atoms with van der Waals surface area (Å²) in [5, 5.41) is 16.7. The van der Waals surface area contributed by atoms with Crippen molar-refractivity contribution < 1.29 is 4.42 Å². The van der Waals surface area contributed by atoms with E-state index in [4.69, 9.17) is 4.42 Å². The number of benzene rings is 6. The minimum atomic E-state index is -0.0817. The molecule has 0 amide bonds. The van der Waals surface area contributed by atoms with E-state index in [1.807, 2.05) is 42.3 Å². The predicted octanol–water partition coefficient (Wildman–Crippen LogP) is 11.6. The van der Waals surface area contributed by atoms with Gasteiger partial charge in [0.25, 0.3) is 0 Å². The summed E-state index contributed by atoms with van der Waals surface area (Å²) in [5.74, 6) is 0.484. The fraction of sp³-hybridized carbons (Fsp3) is 0.130. The number of rotatable bonds is 9. The van der Waals surface area contributed by atoms with E-state index < -0.39 is 0 Å². The van der Waals surface area contributed by atoms with Crippen LogP contribution < -0.4 is 16.0 Å². The van der Waals surface area contributed by atoms with Crippen LogP contribution in [-0.2, 0) is 6.54 Å². The molecule has 10 rings (SSSR count). The van der Waals surface area contributed by atoms with Gasteiger partial charge in [0.1, 0.15) is 11.2 Å². The quantitative estimate of drug-likeness (QED) is 0.130.